The maximum atomic E-state index is 12.0. The minimum absolute atomic E-state index is 0. The zero-order valence-corrected chi connectivity index (χ0v) is 18.9. The number of hydrogen-bond donors (Lipinski definition) is 0. The van der Waals surface area contributed by atoms with Crippen molar-refractivity contribution >= 4 is 5.97 Å². The number of carbonyl (C=O) groups is 1. The van der Waals surface area contributed by atoms with E-state index < -0.39 is 0 Å². The predicted octanol–water partition coefficient (Wildman–Crippen LogP) is -3.30. The van der Waals surface area contributed by atoms with Gasteiger partial charge in [0.1, 0.15) is 6.54 Å². The summed E-state index contributed by atoms with van der Waals surface area (Å²) in [5, 5.41) is 0. The Labute approximate surface area is 183 Å². The summed E-state index contributed by atoms with van der Waals surface area (Å²) in [5.41, 5.74) is 2.63. The number of halogens is 2. The van der Waals surface area contributed by atoms with E-state index in [0.29, 0.717) is 6.54 Å². The number of benzene rings is 2. The van der Waals surface area contributed by atoms with E-state index in [0.717, 1.165) is 43.8 Å². The Morgan fingerprint density at radius 2 is 1.44 bits per heavy atom. The summed E-state index contributed by atoms with van der Waals surface area (Å²) in [6, 6.07) is 21.0. The summed E-state index contributed by atoms with van der Waals surface area (Å²) < 4.78 is 5.75. The number of carbonyl (C=O) groups excluding carboxylic acids is 1. The monoisotopic (exact) mass is 497 g/mol. The first kappa shape index (κ1) is 23.8. The minimum atomic E-state index is -0.118. The van der Waals surface area contributed by atoms with Gasteiger partial charge in [-0.1, -0.05) is 60.7 Å². The van der Waals surface area contributed by atoms with Gasteiger partial charge >= 0.3 is 5.97 Å². The van der Waals surface area contributed by atoms with Gasteiger partial charge in [0.05, 0.1) is 20.2 Å². The molecule has 0 spiro atoms. The molecule has 0 saturated carbocycles. The number of methoxy groups -OCH3 is 1. The molecule has 1 heterocycles. The van der Waals surface area contributed by atoms with Gasteiger partial charge in [-0.3, -0.25) is 4.90 Å². The maximum Gasteiger partial charge on any atom is 0.361 e. The highest BCUT2D eigenvalue weighted by Crippen LogP contribution is 2.20. The lowest BCUT2D eigenvalue weighted by atomic mass is 10.1. The van der Waals surface area contributed by atoms with Gasteiger partial charge < -0.3 is 43.2 Å². The third-order valence-electron chi connectivity index (χ3n) is 5.08. The summed E-state index contributed by atoms with van der Waals surface area (Å²) >= 11 is 0. The molecular weight excluding hydrogens is 472 g/mol. The third-order valence-corrected chi connectivity index (χ3v) is 5.08. The molecule has 0 unspecified atom stereocenters. The number of ether oxygens (including phenoxy) is 1. The average Bonchev–Trinajstić information content (AvgIpc) is 2.65. The average molecular weight is 499 g/mol. The molecular formula is C21H27Br2N2O2-. The van der Waals surface area contributed by atoms with Crippen LogP contribution in [-0.4, -0.2) is 55.2 Å². The van der Waals surface area contributed by atoms with Crippen LogP contribution < -0.4 is 34.0 Å². The number of hydrogen-bond acceptors (Lipinski definition) is 3. The quantitative estimate of drug-likeness (QED) is 0.309. The number of nitrogens with zero attached hydrogens (tertiary/aromatic N) is 2. The second-order valence-electron chi connectivity index (χ2n) is 6.93. The fourth-order valence-corrected chi connectivity index (χ4v) is 3.61. The van der Waals surface area contributed by atoms with Gasteiger partial charge in [-0.2, -0.15) is 0 Å². The number of rotatable bonds is 6. The lowest BCUT2D eigenvalue weighted by Gasteiger charge is -2.44. The molecule has 148 valence electrons. The van der Waals surface area contributed by atoms with E-state index in [4.69, 9.17) is 4.74 Å². The minimum Gasteiger partial charge on any atom is -1.00 e. The van der Waals surface area contributed by atoms with E-state index in [1.807, 2.05) is 6.07 Å². The lowest BCUT2D eigenvalue weighted by molar-refractivity contribution is -0.938. The van der Waals surface area contributed by atoms with Crippen LogP contribution in [0.5, 0.6) is 0 Å². The number of esters is 1. The molecule has 1 saturated heterocycles. The van der Waals surface area contributed by atoms with Crippen molar-refractivity contribution in [3.63, 3.8) is 0 Å². The lowest BCUT2D eigenvalue weighted by Crippen LogP contribution is -3.00. The number of quaternary nitrogens is 1. The Morgan fingerprint density at radius 1 is 0.926 bits per heavy atom. The van der Waals surface area contributed by atoms with E-state index in [1.165, 1.54) is 18.2 Å². The molecule has 3 rings (SSSR count). The van der Waals surface area contributed by atoms with Crippen LogP contribution in [0.2, 0.25) is 0 Å². The highest BCUT2D eigenvalue weighted by Gasteiger charge is 2.35. The highest BCUT2D eigenvalue weighted by molar-refractivity contribution is 5.70. The fraction of sp³-hybridized carbons (Fsp3) is 0.381. The smallest absolute Gasteiger partial charge is 0.361 e. The third kappa shape index (κ3) is 7.03. The van der Waals surface area contributed by atoms with Gasteiger partial charge in [0.15, 0.2) is 6.54 Å². The first-order chi connectivity index (χ1) is 12.2. The Balaban J connectivity index is 0.00000182. The SMILES string of the molecule is COC(=O)C[N+]1(Cc2ccccc2)CCN(Cc2ccccc2)CC1.[Br-].[Br-]. The van der Waals surface area contributed by atoms with Crippen molar-refractivity contribution in [2.45, 2.75) is 13.1 Å². The van der Waals surface area contributed by atoms with Gasteiger partial charge in [0.2, 0.25) is 0 Å². The molecule has 27 heavy (non-hydrogen) atoms. The van der Waals surface area contributed by atoms with Crippen molar-refractivity contribution in [3.05, 3.63) is 71.8 Å². The molecule has 0 aromatic heterocycles. The molecule has 1 fully saturated rings. The largest absolute Gasteiger partial charge is 1.00 e. The Morgan fingerprint density at radius 3 is 1.96 bits per heavy atom. The van der Waals surface area contributed by atoms with Crippen molar-refractivity contribution in [2.75, 3.05) is 39.8 Å². The van der Waals surface area contributed by atoms with Gasteiger partial charge in [0, 0.05) is 25.2 Å². The zero-order valence-electron chi connectivity index (χ0n) is 15.7. The van der Waals surface area contributed by atoms with Crippen molar-refractivity contribution in [3.8, 4) is 0 Å². The summed E-state index contributed by atoms with van der Waals surface area (Å²) in [7, 11) is 1.48. The van der Waals surface area contributed by atoms with Crippen LogP contribution in [0.3, 0.4) is 0 Å². The molecule has 1 aliphatic rings. The van der Waals surface area contributed by atoms with Crippen LogP contribution in [0, 0.1) is 0 Å². The van der Waals surface area contributed by atoms with E-state index in [-0.39, 0.29) is 39.9 Å². The van der Waals surface area contributed by atoms with E-state index in [2.05, 4.69) is 59.5 Å². The molecule has 0 atom stereocenters. The standard InChI is InChI=1S/C21H27N2O2.2BrH/c1-25-21(24)18-23(17-20-10-6-3-7-11-20)14-12-22(13-15-23)16-19-8-4-2-5-9-19;;/h2-11H,12-18H2,1H3;2*1H/q+1;;/p-2. The first-order valence-corrected chi connectivity index (χ1v) is 8.91. The summed E-state index contributed by atoms with van der Waals surface area (Å²) in [6.07, 6.45) is 0. The Hall–Kier alpha value is -1.21. The summed E-state index contributed by atoms with van der Waals surface area (Å²) in [4.78, 5) is 14.5. The van der Waals surface area contributed by atoms with E-state index >= 15 is 0 Å². The Bertz CT molecular complexity index is 675. The molecule has 2 aromatic carbocycles. The molecule has 0 radical (unpaired) electrons. The van der Waals surface area contributed by atoms with Gasteiger partial charge in [-0.25, -0.2) is 4.79 Å². The second kappa shape index (κ2) is 11.6. The van der Waals surface area contributed by atoms with Gasteiger partial charge in [-0.05, 0) is 5.56 Å². The van der Waals surface area contributed by atoms with Crippen molar-refractivity contribution < 1.29 is 48.0 Å². The molecule has 0 bridgehead atoms. The molecule has 0 aliphatic carbocycles. The zero-order chi connectivity index (χ0) is 17.5. The molecule has 0 amide bonds. The Kier molecular flexibility index (Phi) is 10.2. The van der Waals surface area contributed by atoms with Crippen molar-refractivity contribution in [1.29, 1.82) is 0 Å². The first-order valence-electron chi connectivity index (χ1n) is 8.91. The van der Waals surface area contributed by atoms with Crippen LogP contribution in [0.25, 0.3) is 0 Å². The molecule has 1 aliphatic heterocycles. The van der Waals surface area contributed by atoms with Crippen molar-refractivity contribution in [1.82, 2.24) is 4.90 Å². The fourth-order valence-electron chi connectivity index (χ4n) is 3.61. The topological polar surface area (TPSA) is 29.5 Å². The molecule has 6 heteroatoms. The van der Waals surface area contributed by atoms with E-state index in [1.54, 1.807) is 0 Å². The van der Waals surface area contributed by atoms with Crippen LogP contribution in [0.15, 0.2) is 60.7 Å². The number of piperazine rings is 1. The highest BCUT2D eigenvalue weighted by atomic mass is 79.9. The summed E-state index contributed by atoms with van der Waals surface area (Å²) in [5.74, 6) is -0.118. The van der Waals surface area contributed by atoms with Gasteiger partial charge in [0.25, 0.3) is 0 Å². The summed E-state index contributed by atoms with van der Waals surface area (Å²) in [6.45, 7) is 6.25. The van der Waals surface area contributed by atoms with E-state index in [9.17, 15) is 4.79 Å². The molecule has 4 nitrogen and oxygen atoms in total. The van der Waals surface area contributed by atoms with Gasteiger partial charge in [-0.15, -0.1) is 0 Å². The predicted molar refractivity (Wildman–Crippen MR) is 98.7 cm³/mol. The van der Waals surface area contributed by atoms with Crippen LogP contribution in [-0.2, 0) is 22.6 Å². The molecule has 2 aromatic rings. The normalized spacial score (nSPS) is 15.9. The maximum absolute atomic E-state index is 12.0. The van der Waals surface area contributed by atoms with Crippen LogP contribution >= 0.6 is 0 Å². The van der Waals surface area contributed by atoms with Crippen LogP contribution in [0.1, 0.15) is 11.1 Å². The second-order valence-corrected chi connectivity index (χ2v) is 6.93. The molecule has 0 N–H and O–H groups in total. The van der Waals surface area contributed by atoms with Crippen LogP contribution in [0.4, 0.5) is 0 Å². The van der Waals surface area contributed by atoms with Crippen molar-refractivity contribution in [2.24, 2.45) is 0 Å².